The summed E-state index contributed by atoms with van der Waals surface area (Å²) in [6, 6.07) is 12.9. The van der Waals surface area contributed by atoms with Gasteiger partial charge in [-0.25, -0.2) is 22.7 Å². The van der Waals surface area contributed by atoms with E-state index in [9.17, 15) is 13.5 Å². The largest absolute Gasteiger partial charge is 0.497 e. The first kappa shape index (κ1) is 23.8. The summed E-state index contributed by atoms with van der Waals surface area (Å²) in [6.07, 6.45) is 1.19. The van der Waals surface area contributed by atoms with E-state index in [1.165, 1.54) is 25.6 Å². The second-order valence-electron chi connectivity index (χ2n) is 7.27. The van der Waals surface area contributed by atoms with Crippen LogP contribution in [0, 0.1) is 5.92 Å². The van der Waals surface area contributed by atoms with Crippen LogP contribution in [0.25, 0.3) is 0 Å². The zero-order valence-corrected chi connectivity index (χ0v) is 19.5. The number of anilines is 1. The van der Waals surface area contributed by atoms with Gasteiger partial charge in [0.15, 0.2) is 11.6 Å². The highest BCUT2D eigenvalue weighted by atomic mass is 35.5. The Labute approximate surface area is 192 Å². The number of rotatable bonds is 9. The maximum Gasteiger partial charge on any atom is 0.265 e. The first-order valence-corrected chi connectivity index (χ1v) is 11.6. The van der Waals surface area contributed by atoms with Gasteiger partial charge in [-0.2, -0.15) is 0 Å². The molecule has 0 aliphatic heterocycles. The normalized spacial score (nSPS) is 11.4. The fraction of sp³-hybridized carbons (Fsp3) is 0.273. The average Bonchev–Trinajstić information content (AvgIpc) is 2.79. The summed E-state index contributed by atoms with van der Waals surface area (Å²) in [5.41, 5.74) is 0.117. The van der Waals surface area contributed by atoms with E-state index in [0.717, 1.165) is 4.31 Å². The first-order chi connectivity index (χ1) is 15.3. The molecule has 0 spiro atoms. The maximum atomic E-state index is 13.5. The molecule has 10 heteroatoms. The summed E-state index contributed by atoms with van der Waals surface area (Å²) >= 11 is 6.28. The van der Waals surface area contributed by atoms with E-state index in [2.05, 4.69) is 9.97 Å². The van der Waals surface area contributed by atoms with Crippen LogP contribution in [0.1, 0.15) is 19.5 Å². The van der Waals surface area contributed by atoms with Gasteiger partial charge in [0.25, 0.3) is 10.0 Å². The van der Waals surface area contributed by atoms with Crippen molar-refractivity contribution in [3.8, 4) is 17.2 Å². The van der Waals surface area contributed by atoms with E-state index in [1.54, 1.807) is 36.4 Å². The number of hydrogen-bond donors (Lipinski definition) is 1. The van der Waals surface area contributed by atoms with Crippen LogP contribution < -0.4 is 13.8 Å². The van der Waals surface area contributed by atoms with E-state index in [-0.39, 0.29) is 45.4 Å². The number of aliphatic hydroxyl groups excluding tert-OH is 1. The van der Waals surface area contributed by atoms with Crippen molar-refractivity contribution < 1.29 is 23.0 Å². The summed E-state index contributed by atoms with van der Waals surface area (Å²) in [4.78, 5) is 8.39. The molecule has 3 aromatic rings. The van der Waals surface area contributed by atoms with Gasteiger partial charge in [-0.1, -0.05) is 43.6 Å². The third-order valence-corrected chi connectivity index (χ3v) is 6.54. The molecule has 1 heterocycles. The molecule has 3 rings (SSSR count). The van der Waals surface area contributed by atoms with Crippen molar-refractivity contribution in [2.24, 2.45) is 5.92 Å². The molecule has 0 unspecified atom stereocenters. The molecule has 0 aliphatic rings. The zero-order valence-electron chi connectivity index (χ0n) is 17.9. The van der Waals surface area contributed by atoms with Crippen molar-refractivity contribution in [3.05, 3.63) is 65.6 Å². The Hall–Kier alpha value is -2.88. The van der Waals surface area contributed by atoms with Gasteiger partial charge in [0.2, 0.25) is 0 Å². The third kappa shape index (κ3) is 5.12. The lowest BCUT2D eigenvalue weighted by Crippen LogP contribution is -2.35. The summed E-state index contributed by atoms with van der Waals surface area (Å²) in [5, 5.41) is 10.1. The van der Waals surface area contributed by atoms with Crippen molar-refractivity contribution in [3.63, 3.8) is 0 Å². The molecule has 170 valence electrons. The van der Waals surface area contributed by atoms with Gasteiger partial charge in [0, 0.05) is 12.6 Å². The Bertz CT molecular complexity index is 1170. The van der Waals surface area contributed by atoms with Gasteiger partial charge in [-0.05, 0) is 30.2 Å². The number of ether oxygens (including phenoxy) is 2. The van der Waals surface area contributed by atoms with Crippen LogP contribution in [0.2, 0.25) is 5.02 Å². The van der Waals surface area contributed by atoms with Crippen molar-refractivity contribution in [2.45, 2.75) is 25.3 Å². The quantitative estimate of drug-likeness (QED) is 0.490. The number of benzene rings is 2. The fourth-order valence-corrected chi connectivity index (χ4v) is 4.71. The Balaban J connectivity index is 2.18. The predicted molar refractivity (Wildman–Crippen MR) is 122 cm³/mol. The number of methoxy groups -OCH3 is 1. The molecule has 0 saturated carbocycles. The second kappa shape index (κ2) is 10.2. The topological polar surface area (TPSA) is 102 Å². The number of sulfonamides is 1. The minimum absolute atomic E-state index is 0.000453. The smallest absolute Gasteiger partial charge is 0.265 e. The number of aliphatic hydroxyl groups is 1. The monoisotopic (exact) mass is 477 g/mol. The zero-order chi connectivity index (χ0) is 23.3. The van der Waals surface area contributed by atoms with Gasteiger partial charge < -0.3 is 14.6 Å². The van der Waals surface area contributed by atoms with Crippen LogP contribution >= 0.6 is 11.6 Å². The molecule has 0 radical (unpaired) electrons. The van der Waals surface area contributed by atoms with Crippen molar-refractivity contribution in [1.82, 2.24) is 9.97 Å². The van der Waals surface area contributed by atoms with Crippen molar-refractivity contribution in [1.29, 1.82) is 0 Å². The van der Waals surface area contributed by atoms with Crippen LogP contribution in [0.3, 0.4) is 0 Å². The SMILES string of the molecule is COc1ccc(Cl)c(Oc2c(CO)ncnc2N(CC(C)C)S(=O)(=O)c2ccccc2)c1. The number of nitrogens with zero attached hydrogens (tertiary/aromatic N) is 3. The fourth-order valence-electron chi connectivity index (χ4n) is 2.94. The maximum absolute atomic E-state index is 13.5. The molecule has 0 fully saturated rings. The van der Waals surface area contributed by atoms with Crippen LogP contribution in [0.5, 0.6) is 17.2 Å². The molecule has 32 heavy (non-hydrogen) atoms. The lowest BCUT2D eigenvalue weighted by molar-refractivity contribution is 0.270. The second-order valence-corrected chi connectivity index (χ2v) is 9.54. The summed E-state index contributed by atoms with van der Waals surface area (Å²) in [7, 11) is -2.49. The minimum Gasteiger partial charge on any atom is -0.497 e. The number of hydrogen-bond acceptors (Lipinski definition) is 7. The number of halogens is 1. The highest BCUT2D eigenvalue weighted by molar-refractivity contribution is 7.92. The molecule has 1 N–H and O–H groups in total. The van der Waals surface area contributed by atoms with Gasteiger partial charge in [0.1, 0.15) is 23.5 Å². The van der Waals surface area contributed by atoms with Crippen LogP contribution in [-0.2, 0) is 16.6 Å². The first-order valence-electron chi connectivity index (χ1n) is 9.81. The Morgan fingerprint density at radius 3 is 2.47 bits per heavy atom. The Morgan fingerprint density at radius 2 is 1.84 bits per heavy atom. The Morgan fingerprint density at radius 1 is 1.12 bits per heavy atom. The van der Waals surface area contributed by atoms with Crippen LogP contribution in [-0.4, -0.2) is 37.1 Å². The molecule has 8 nitrogen and oxygen atoms in total. The Kier molecular flexibility index (Phi) is 7.55. The van der Waals surface area contributed by atoms with E-state index >= 15 is 0 Å². The average molecular weight is 478 g/mol. The predicted octanol–water partition coefficient (Wildman–Crippen LogP) is 4.27. The highest BCUT2D eigenvalue weighted by Crippen LogP contribution is 2.39. The lowest BCUT2D eigenvalue weighted by atomic mass is 10.2. The van der Waals surface area contributed by atoms with Gasteiger partial charge in [0.05, 0.1) is 23.6 Å². The molecule has 0 atom stereocenters. The van der Waals surface area contributed by atoms with Crippen LogP contribution in [0.4, 0.5) is 5.82 Å². The highest BCUT2D eigenvalue weighted by Gasteiger charge is 2.31. The molecule has 1 aromatic heterocycles. The van der Waals surface area contributed by atoms with Gasteiger partial charge in [-0.3, -0.25) is 0 Å². The molecular formula is C22H24ClN3O5S. The third-order valence-electron chi connectivity index (χ3n) is 4.46. The van der Waals surface area contributed by atoms with Gasteiger partial charge in [-0.15, -0.1) is 0 Å². The molecule has 2 aromatic carbocycles. The number of aromatic nitrogens is 2. The van der Waals surface area contributed by atoms with E-state index in [1.807, 2.05) is 13.8 Å². The van der Waals surface area contributed by atoms with Crippen molar-refractivity contribution in [2.75, 3.05) is 18.0 Å². The molecule has 0 saturated heterocycles. The standard InChI is InChI=1S/C22H24ClN3O5S/c1-15(2)12-26(32(28,29)17-7-5-4-6-8-17)22-21(19(13-27)24-14-25-22)31-20-11-16(30-3)9-10-18(20)23/h4-11,14-15,27H,12-13H2,1-3H3. The van der Waals surface area contributed by atoms with Crippen LogP contribution in [0.15, 0.2) is 59.8 Å². The van der Waals surface area contributed by atoms with E-state index in [4.69, 9.17) is 21.1 Å². The minimum atomic E-state index is -3.99. The van der Waals surface area contributed by atoms with Crippen molar-refractivity contribution >= 4 is 27.4 Å². The molecule has 0 bridgehead atoms. The molecule has 0 aliphatic carbocycles. The van der Waals surface area contributed by atoms with E-state index in [0.29, 0.717) is 5.75 Å². The molecular weight excluding hydrogens is 454 g/mol. The van der Waals surface area contributed by atoms with Gasteiger partial charge >= 0.3 is 0 Å². The van der Waals surface area contributed by atoms with E-state index < -0.39 is 16.6 Å². The summed E-state index contributed by atoms with van der Waals surface area (Å²) < 4.78 is 39.5. The summed E-state index contributed by atoms with van der Waals surface area (Å²) in [6.45, 7) is 3.41. The lowest BCUT2D eigenvalue weighted by Gasteiger charge is -2.27. The molecule has 0 amide bonds. The summed E-state index contributed by atoms with van der Waals surface area (Å²) in [5.74, 6) is 0.655.